The Balaban J connectivity index is 1.57. The molecule has 2 aromatic heterocycles. The number of fused-ring (bicyclic) bond motifs is 3. The molecule has 1 aliphatic carbocycles. The summed E-state index contributed by atoms with van der Waals surface area (Å²) < 4.78 is 7.28. The number of ether oxygens (including phenoxy) is 1. The lowest BCUT2D eigenvalue weighted by atomic mass is 9.97. The molecule has 152 valence electrons. The molecule has 0 fully saturated rings. The van der Waals surface area contributed by atoms with Crippen molar-refractivity contribution in [3.8, 4) is 17.7 Å². The van der Waals surface area contributed by atoms with Gasteiger partial charge >= 0.3 is 0 Å². The second-order valence-corrected chi connectivity index (χ2v) is 9.40. The van der Waals surface area contributed by atoms with Crippen molar-refractivity contribution in [3.63, 3.8) is 0 Å². The smallest absolute Gasteiger partial charge is 0.231 e. The van der Waals surface area contributed by atoms with E-state index in [1.165, 1.54) is 23.3 Å². The van der Waals surface area contributed by atoms with Crippen LogP contribution in [-0.2, 0) is 12.8 Å². The monoisotopic (exact) mass is 487 g/mol. The van der Waals surface area contributed by atoms with Crippen molar-refractivity contribution >= 4 is 49.6 Å². The molecule has 0 amide bonds. The zero-order valence-electron chi connectivity index (χ0n) is 16.6. The van der Waals surface area contributed by atoms with Gasteiger partial charge in [0.25, 0.3) is 0 Å². The van der Waals surface area contributed by atoms with E-state index in [4.69, 9.17) is 20.0 Å². The van der Waals surface area contributed by atoms with Crippen molar-refractivity contribution in [2.45, 2.75) is 25.7 Å². The quantitative estimate of drug-likeness (QED) is 0.306. The highest BCUT2D eigenvalue weighted by Crippen LogP contribution is 2.40. The molecule has 5 rings (SSSR count). The van der Waals surface area contributed by atoms with E-state index in [0.717, 1.165) is 33.1 Å². The van der Waals surface area contributed by atoms with Crippen LogP contribution >= 0.6 is 27.3 Å². The Morgan fingerprint density at radius 1 is 0.968 bits per heavy atom. The lowest BCUT2D eigenvalue weighted by Crippen LogP contribution is -2.00. The third kappa shape index (κ3) is 4.25. The lowest BCUT2D eigenvalue weighted by Gasteiger charge is -2.12. The molecular weight excluding hydrogens is 470 g/mol. The number of hydrogen-bond donors (Lipinski definition) is 0. The Morgan fingerprint density at radius 3 is 2.52 bits per heavy atom. The Labute approximate surface area is 193 Å². The summed E-state index contributed by atoms with van der Waals surface area (Å²) in [4.78, 5) is 12.0. The van der Waals surface area contributed by atoms with E-state index in [0.29, 0.717) is 23.0 Å². The molecule has 0 atom stereocenters. The second-order valence-electron chi connectivity index (χ2n) is 7.40. The number of hydrogen-bond acceptors (Lipinski definition) is 5. The maximum Gasteiger partial charge on any atom is 0.231 e. The van der Waals surface area contributed by atoms with Crippen molar-refractivity contribution in [1.29, 1.82) is 5.26 Å². The van der Waals surface area contributed by atoms with Gasteiger partial charge in [-0.15, -0.1) is 11.3 Å². The normalized spacial score (nSPS) is 13.3. The third-order valence-electron chi connectivity index (χ3n) is 5.29. The molecule has 4 aromatic rings. The standard InChI is InChI=1S/C25H18BrN3OS/c26-18-10-5-16(6-11-18)9-14-22-28-24(30-19-12-7-17(15-27)8-13-19)23-20-3-1-2-4-21(20)31-25(23)29-22/h5-14H,1-4H2. The zero-order valence-corrected chi connectivity index (χ0v) is 19.0. The molecule has 1 aliphatic rings. The van der Waals surface area contributed by atoms with Gasteiger partial charge in [0.1, 0.15) is 10.6 Å². The van der Waals surface area contributed by atoms with E-state index in [-0.39, 0.29) is 0 Å². The summed E-state index contributed by atoms with van der Waals surface area (Å²) in [5.74, 6) is 1.87. The van der Waals surface area contributed by atoms with Crippen LogP contribution in [0.2, 0.25) is 0 Å². The van der Waals surface area contributed by atoms with Gasteiger partial charge in [0.15, 0.2) is 5.82 Å². The molecule has 4 nitrogen and oxygen atoms in total. The first-order valence-electron chi connectivity index (χ1n) is 10.1. The van der Waals surface area contributed by atoms with E-state index >= 15 is 0 Å². The van der Waals surface area contributed by atoms with Gasteiger partial charge in [-0.3, -0.25) is 0 Å². The number of rotatable bonds is 4. The van der Waals surface area contributed by atoms with Crippen molar-refractivity contribution in [3.05, 3.63) is 80.4 Å². The van der Waals surface area contributed by atoms with Crippen molar-refractivity contribution in [2.24, 2.45) is 0 Å². The van der Waals surface area contributed by atoms with Crippen LogP contribution in [0.5, 0.6) is 11.6 Å². The van der Waals surface area contributed by atoms with Crippen LogP contribution in [0.15, 0.2) is 53.0 Å². The first kappa shape index (κ1) is 19.9. The number of benzene rings is 2. The maximum absolute atomic E-state index is 9.05. The fourth-order valence-corrected chi connectivity index (χ4v) is 5.27. The van der Waals surface area contributed by atoms with Gasteiger partial charge in [-0.05, 0) is 79.3 Å². The van der Waals surface area contributed by atoms with E-state index in [1.54, 1.807) is 23.5 Å². The summed E-state index contributed by atoms with van der Waals surface area (Å²) in [6, 6.07) is 17.4. The summed E-state index contributed by atoms with van der Waals surface area (Å²) in [5, 5.41) is 10.1. The summed E-state index contributed by atoms with van der Waals surface area (Å²) in [5.41, 5.74) is 3.01. The van der Waals surface area contributed by atoms with Gasteiger partial charge in [0.2, 0.25) is 5.88 Å². The Hall–Kier alpha value is -3.01. The zero-order chi connectivity index (χ0) is 21.2. The molecule has 31 heavy (non-hydrogen) atoms. The molecule has 2 heterocycles. The molecule has 0 bridgehead atoms. The van der Waals surface area contributed by atoms with Crippen LogP contribution in [0.3, 0.4) is 0 Å². The largest absolute Gasteiger partial charge is 0.438 e. The van der Waals surface area contributed by atoms with E-state index in [1.807, 2.05) is 48.6 Å². The highest BCUT2D eigenvalue weighted by molar-refractivity contribution is 9.10. The number of nitriles is 1. The van der Waals surface area contributed by atoms with E-state index in [2.05, 4.69) is 22.0 Å². The Morgan fingerprint density at radius 2 is 1.74 bits per heavy atom. The van der Waals surface area contributed by atoms with Gasteiger partial charge < -0.3 is 4.74 Å². The SMILES string of the molecule is N#Cc1ccc(Oc2nc(C=Cc3ccc(Br)cc3)nc3sc4c(c23)CCCC4)cc1. The molecule has 0 radical (unpaired) electrons. The minimum atomic E-state index is 0.588. The van der Waals surface area contributed by atoms with Crippen LogP contribution in [0.25, 0.3) is 22.4 Å². The minimum Gasteiger partial charge on any atom is -0.438 e. The molecule has 0 unspecified atom stereocenters. The highest BCUT2D eigenvalue weighted by Gasteiger charge is 2.22. The summed E-state index contributed by atoms with van der Waals surface area (Å²) in [6.45, 7) is 0. The van der Waals surface area contributed by atoms with Crippen LogP contribution in [0.4, 0.5) is 0 Å². The summed E-state index contributed by atoms with van der Waals surface area (Å²) in [6.07, 6.45) is 8.46. The lowest BCUT2D eigenvalue weighted by molar-refractivity contribution is 0.467. The first-order valence-corrected chi connectivity index (χ1v) is 11.7. The Kier molecular flexibility index (Phi) is 5.54. The first-order chi connectivity index (χ1) is 15.2. The number of aromatic nitrogens is 2. The molecule has 6 heteroatoms. The molecule has 0 N–H and O–H groups in total. The topological polar surface area (TPSA) is 58.8 Å². The van der Waals surface area contributed by atoms with Crippen molar-refractivity contribution in [1.82, 2.24) is 9.97 Å². The fraction of sp³-hybridized carbons (Fsp3) is 0.160. The molecular formula is C25H18BrN3OS. The number of aryl methyl sites for hydroxylation is 2. The summed E-state index contributed by atoms with van der Waals surface area (Å²) in [7, 11) is 0. The summed E-state index contributed by atoms with van der Waals surface area (Å²) >= 11 is 5.22. The van der Waals surface area contributed by atoms with Gasteiger partial charge in [0, 0.05) is 9.35 Å². The highest BCUT2D eigenvalue weighted by atomic mass is 79.9. The van der Waals surface area contributed by atoms with Gasteiger partial charge in [-0.2, -0.15) is 10.2 Å². The van der Waals surface area contributed by atoms with Crippen LogP contribution in [0.1, 0.15) is 40.2 Å². The van der Waals surface area contributed by atoms with Crippen LogP contribution in [0, 0.1) is 11.3 Å². The predicted molar refractivity (Wildman–Crippen MR) is 128 cm³/mol. The predicted octanol–water partition coefficient (Wildman–Crippen LogP) is 7.17. The van der Waals surface area contributed by atoms with Crippen molar-refractivity contribution in [2.75, 3.05) is 0 Å². The average molecular weight is 488 g/mol. The number of nitrogens with zero attached hydrogens (tertiary/aromatic N) is 3. The van der Waals surface area contributed by atoms with E-state index in [9.17, 15) is 0 Å². The molecule has 0 spiro atoms. The minimum absolute atomic E-state index is 0.588. The second kappa shape index (κ2) is 8.62. The molecule has 0 saturated carbocycles. The molecule has 2 aromatic carbocycles. The maximum atomic E-state index is 9.05. The van der Waals surface area contributed by atoms with Gasteiger partial charge in [0.05, 0.1) is 17.0 Å². The Bertz CT molecular complexity index is 1320. The molecule has 0 saturated heterocycles. The van der Waals surface area contributed by atoms with Crippen LogP contribution < -0.4 is 4.74 Å². The van der Waals surface area contributed by atoms with E-state index < -0.39 is 0 Å². The number of halogens is 1. The number of thiophene rings is 1. The average Bonchev–Trinajstić information content (AvgIpc) is 3.18. The van der Waals surface area contributed by atoms with Gasteiger partial charge in [-0.25, -0.2) is 4.98 Å². The molecule has 0 aliphatic heterocycles. The fourth-order valence-electron chi connectivity index (χ4n) is 3.74. The van der Waals surface area contributed by atoms with Gasteiger partial charge in [-0.1, -0.05) is 34.1 Å². The third-order valence-corrected chi connectivity index (χ3v) is 7.01. The van der Waals surface area contributed by atoms with Crippen LogP contribution in [-0.4, -0.2) is 9.97 Å². The van der Waals surface area contributed by atoms with Crippen molar-refractivity contribution < 1.29 is 4.74 Å².